The normalized spacial score (nSPS) is 19.8. The fourth-order valence-electron chi connectivity index (χ4n) is 4.23. The lowest BCUT2D eigenvalue weighted by Crippen LogP contribution is -2.52. The van der Waals surface area contributed by atoms with E-state index < -0.39 is 0 Å². The molecule has 0 N–H and O–H groups in total. The Morgan fingerprint density at radius 3 is 2.58 bits per heavy atom. The van der Waals surface area contributed by atoms with Crippen LogP contribution in [0.5, 0.6) is 0 Å². The van der Waals surface area contributed by atoms with Crippen molar-refractivity contribution in [2.75, 3.05) is 39.9 Å². The minimum absolute atomic E-state index is 0.199. The summed E-state index contributed by atoms with van der Waals surface area (Å²) in [7, 11) is 1.70. The molecule has 0 atom stereocenters. The van der Waals surface area contributed by atoms with Gasteiger partial charge in [-0.15, -0.1) is 0 Å². The van der Waals surface area contributed by atoms with Crippen molar-refractivity contribution < 1.29 is 14.3 Å². The highest BCUT2D eigenvalue weighted by Crippen LogP contribution is 2.40. The molecule has 0 aliphatic carbocycles. The van der Waals surface area contributed by atoms with Crippen LogP contribution in [0.1, 0.15) is 37.7 Å². The number of ether oxygens (including phenoxy) is 1. The average molecular weight is 358 g/mol. The van der Waals surface area contributed by atoms with Crippen LogP contribution in [0.2, 0.25) is 0 Å². The molecule has 3 rings (SSSR count). The van der Waals surface area contributed by atoms with Gasteiger partial charge in [-0.05, 0) is 36.7 Å². The highest BCUT2D eigenvalue weighted by molar-refractivity contribution is 5.79. The van der Waals surface area contributed by atoms with Gasteiger partial charge in [-0.3, -0.25) is 9.59 Å². The van der Waals surface area contributed by atoms with E-state index in [0.717, 1.165) is 57.4 Å². The van der Waals surface area contributed by atoms with Crippen molar-refractivity contribution in [2.24, 2.45) is 5.41 Å². The van der Waals surface area contributed by atoms with Gasteiger partial charge < -0.3 is 14.5 Å². The summed E-state index contributed by atoms with van der Waals surface area (Å²) in [5.74, 6) is 0.490. The molecule has 2 fully saturated rings. The Balaban J connectivity index is 1.52. The van der Waals surface area contributed by atoms with Crippen molar-refractivity contribution in [2.45, 2.75) is 38.5 Å². The highest BCUT2D eigenvalue weighted by Gasteiger charge is 2.41. The summed E-state index contributed by atoms with van der Waals surface area (Å²) in [6, 6.07) is 9.94. The zero-order valence-corrected chi connectivity index (χ0v) is 15.8. The molecule has 2 aliphatic rings. The number of methoxy groups -OCH3 is 1. The van der Waals surface area contributed by atoms with Gasteiger partial charge in [-0.25, -0.2) is 0 Å². The average Bonchev–Trinajstić information content (AvgIpc) is 2.66. The summed E-state index contributed by atoms with van der Waals surface area (Å²) in [5.41, 5.74) is 1.27. The third kappa shape index (κ3) is 4.64. The number of nitrogens with zero attached hydrogens (tertiary/aromatic N) is 2. The van der Waals surface area contributed by atoms with Crippen LogP contribution in [-0.4, -0.2) is 61.5 Å². The molecular weight excluding hydrogens is 328 g/mol. The quantitative estimate of drug-likeness (QED) is 0.734. The van der Waals surface area contributed by atoms with Crippen LogP contribution in [0.15, 0.2) is 30.3 Å². The van der Waals surface area contributed by atoms with Crippen LogP contribution < -0.4 is 0 Å². The fourth-order valence-corrected chi connectivity index (χ4v) is 4.23. The van der Waals surface area contributed by atoms with E-state index in [0.29, 0.717) is 19.4 Å². The Hall–Kier alpha value is -1.88. The lowest BCUT2D eigenvalue weighted by molar-refractivity contribution is -0.142. The topological polar surface area (TPSA) is 49.9 Å². The third-order valence-electron chi connectivity index (χ3n) is 5.90. The molecule has 0 unspecified atom stereocenters. The summed E-state index contributed by atoms with van der Waals surface area (Å²) in [6.45, 7) is 3.94. The first-order valence-electron chi connectivity index (χ1n) is 9.70. The first-order chi connectivity index (χ1) is 12.6. The van der Waals surface area contributed by atoms with Gasteiger partial charge in [0.05, 0.1) is 6.42 Å². The zero-order valence-electron chi connectivity index (χ0n) is 15.8. The largest absolute Gasteiger partial charge is 0.385 e. The molecule has 5 heteroatoms. The van der Waals surface area contributed by atoms with Gasteiger partial charge in [0, 0.05) is 46.3 Å². The van der Waals surface area contributed by atoms with Crippen molar-refractivity contribution in [1.82, 2.24) is 9.80 Å². The summed E-state index contributed by atoms with van der Waals surface area (Å²) in [6.07, 6.45) is 4.98. The van der Waals surface area contributed by atoms with E-state index in [1.54, 1.807) is 7.11 Å². The first-order valence-corrected chi connectivity index (χ1v) is 9.70. The van der Waals surface area contributed by atoms with E-state index in [4.69, 9.17) is 4.74 Å². The molecule has 1 aromatic carbocycles. The summed E-state index contributed by atoms with van der Waals surface area (Å²) < 4.78 is 5.11. The molecule has 2 aliphatic heterocycles. The molecular formula is C21H30N2O3. The Kier molecular flexibility index (Phi) is 6.30. The minimum atomic E-state index is 0.199. The predicted molar refractivity (Wildman–Crippen MR) is 101 cm³/mol. The van der Waals surface area contributed by atoms with Gasteiger partial charge in [0.1, 0.15) is 0 Å². The monoisotopic (exact) mass is 358 g/mol. The van der Waals surface area contributed by atoms with E-state index in [1.165, 1.54) is 0 Å². The number of hydrogen-bond donors (Lipinski definition) is 0. The Morgan fingerprint density at radius 1 is 1.15 bits per heavy atom. The van der Waals surface area contributed by atoms with Crippen molar-refractivity contribution in [3.8, 4) is 0 Å². The van der Waals surface area contributed by atoms with Gasteiger partial charge in [0.2, 0.25) is 11.8 Å². The summed E-state index contributed by atoms with van der Waals surface area (Å²) in [4.78, 5) is 28.8. The second kappa shape index (κ2) is 8.67. The third-order valence-corrected chi connectivity index (χ3v) is 5.90. The standard InChI is InChI=1S/C21H30N2O3/c1-26-15-5-12-23-17-21(9-8-19(23)24)10-13-22(14-11-21)20(25)16-18-6-3-2-4-7-18/h2-4,6-7H,5,8-17H2,1H3. The van der Waals surface area contributed by atoms with E-state index >= 15 is 0 Å². The fraction of sp³-hybridized carbons (Fsp3) is 0.619. The first kappa shape index (κ1) is 18.9. The van der Waals surface area contributed by atoms with E-state index in [-0.39, 0.29) is 17.2 Å². The van der Waals surface area contributed by atoms with Crippen LogP contribution in [-0.2, 0) is 20.7 Å². The maximum Gasteiger partial charge on any atom is 0.226 e. The molecule has 2 amide bonds. The van der Waals surface area contributed by atoms with Crippen LogP contribution in [0, 0.1) is 5.41 Å². The van der Waals surface area contributed by atoms with Crippen molar-refractivity contribution in [3.05, 3.63) is 35.9 Å². The molecule has 2 saturated heterocycles. The van der Waals surface area contributed by atoms with Crippen LogP contribution >= 0.6 is 0 Å². The Labute approximate surface area is 156 Å². The Bertz CT molecular complexity index is 609. The van der Waals surface area contributed by atoms with Gasteiger partial charge >= 0.3 is 0 Å². The molecule has 1 aromatic rings. The van der Waals surface area contributed by atoms with Crippen LogP contribution in [0.3, 0.4) is 0 Å². The molecule has 5 nitrogen and oxygen atoms in total. The molecule has 142 valence electrons. The summed E-state index contributed by atoms with van der Waals surface area (Å²) in [5, 5.41) is 0. The number of rotatable bonds is 6. The molecule has 2 heterocycles. The number of likely N-dealkylation sites (tertiary alicyclic amines) is 2. The Morgan fingerprint density at radius 2 is 1.88 bits per heavy atom. The maximum atomic E-state index is 12.6. The maximum absolute atomic E-state index is 12.6. The minimum Gasteiger partial charge on any atom is -0.385 e. The van der Waals surface area contributed by atoms with E-state index in [9.17, 15) is 9.59 Å². The van der Waals surface area contributed by atoms with E-state index in [2.05, 4.69) is 0 Å². The number of benzene rings is 1. The zero-order chi connectivity index (χ0) is 18.4. The molecule has 1 spiro atoms. The van der Waals surface area contributed by atoms with Crippen LogP contribution in [0.25, 0.3) is 0 Å². The second-order valence-electron chi connectivity index (χ2n) is 7.70. The molecule has 0 saturated carbocycles. The predicted octanol–water partition coefficient (Wildman–Crippen LogP) is 2.50. The van der Waals surface area contributed by atoms with E-state index in [1.807, 2.05) is 40.1 Å². The van der Waals surface area contributed by atoms with Gasteiger partial charge in [0.15, 0.2) is 0 Å². The molecule has 26 heavy (non-hydrogen) atoms. The lowest BCUT2D eigenvalue weighted by Gasteiger charge is -2.47. The van der Waals surface area contributed by atoms with Crippen molar-refractivity contribution >= 4 is 11.8 Å². The van der Waals surface area contributed by atoms with Crippen molar-refractivity contribution in [3.63, 3.8) is 0 Å². The second-order valence-corrected chi connectivity index (χ2v) is 7.70. The van der Waals surface area contributed by atoms with Gasteiger partial charge in [-0.1, -0.05) is 30.3 Å². The molecule has 0 aromatic heterocycles. The number of carbonyl (C=O) groups is 2. The van der Waals surface area contributed by atoms with Crippen LogP contribution in [0.4, 0.5) is 0 Å². The molecule has 0 radical (unpaired) electrons. The SMILES string of the molecule is COCCCN1CC2(CCC1=O)CCN(C(=O)Cc1ccccc1)CC2. The number of hydrogen-bond acceptors (Lipinski definition) is 3. The number of piperidine rings is 2. The number of carbonyl (C=O) groups excluding carboxylic acids is 2. The van der Waals surface area contributed by atoms with Gasteiger partial charge in [-0.2, -0.15) is 0 Å². The molecule has 0 bridgehead atoms. The number of amides is 2. The van der Waals surface area contributed by atoms with Crippen molar-refractivity contribution in [1.29, 1.82) is 0 Å². The highest BCUT2D eigenvalue weighted by atomic mass is 16.5. The van der Waals surface area contributed by atoms with Gasteiger partial charge in [0.25, 0.3) is 0 Å². The summed E-state index contributed by atoms with van der Waals surface area (Å²) >= 11 is 0. The lowest BCUT2D eigenvalue weighted by atomic mass is 9.72. The smallest absolute Gasteiger partial charge is 0.226 e.